The number of hydrogen-bond acceptors (Lipinski definition) is 0. The van der Waals surface area contributed by atoms with Crippen molar-refractivity contribution in [3.8, 4) is 55.6 Å². The molecule has 0 aromatic heterocycles. The molecule has 0 bridgehead atoms. The van der Waals surface area contributed by atoms with Crippen molar-refractivity contribution in [1.82, 2.24) is 0 Å². The van der Waals surface area contributed by atoms with E-state index >= 15 is 0 Å². The number of fused-ring (bicyclic) bond motifs is 14. The summed E-state index contributed by atoms with van der Waals surface area (Å²) in [4.78, 5) is 0. The zero-order valence-electron chi connectivity index (χ0n) is 40.5. The van der Waals surface area contributed by atoms with Gasteiger partial charge in [-0.2, -0.15) is 0 Å². The first kappa shape index (κ1) is 38.9. The van der Waals surface area contributed by atoms with Gasteiger partial charge in [0.15, 0.2) is 0 Å². The van der Waals surface area contributed by atoms with Crippen LogP contribution in [-0.4, -0.2) is 0 Å². The van der Waals surface area contributed by atoms with Gasteiger partial charge >= 0.3 is 0 Å². The van der Waals surface area contributed by atoms with Gasteiger partial charge in [-0.3, -0.25) is 0 Å². The number of benzene rings is 14. The molecule has 0 spiro atoms. The van der Waals surface area contributed by atoms with Crippen LogP contribution in [0.15, 0.2) is 194 Å². The maximum Gasteiger partial charge on any atom is -0.000473 e. The second kappa shape index (κ2) is 13.5. The van der Waals surface area contributed by atoms with Crippen molar-refractivity contribution in [3.05, 3.63) is 216 Å². The molecule has 332 valence electrons. The Bertz CT molecular complexity index is 4950. The van der Waals surface area contributed by atoms with Gasteiger partial charge in [-0.05, 0) is 236 Å². The summed E-state index contributed by atoms with van der Waals surface area (Å²) < 4.78 is 0. The second-order valence-electron chi connectivity index (χ2n) is 21.1. The molecule has 0 radical (unpaired) electrons. The molecule has 17 rings (SSSR count). The highest BCUT2D eigenvalue weighted by Gasteiger charge is 2.34. The first-order valence-electron chi connectivity index (χ1n) is 25.6. The van der Waals surface area contributed by atoms with Gasteiger partial charge in [-0.25, -0.2) is 0 Å². The van der Waals surface area contributed by atoms with Gasteiger partial charge in [0.25, 0.3) is 0 Å². The molecule has 0 unspecified atom stereocenters. The molecular weight excluding hydrogens is 865 g/mol. The number of rotatable bonds is 3. The third-order valence-electron chi connectivity index (χ3n) is 17.5. The lowest BCUT2D eigenvalue weighted by molar-refractivity contribution is 1.46. The van der Waals surface area contributed by atoms with Gasteiger partial charge in [0, 0.05) is 0 Å². The largest absolute Gasteiger partial charge is 0.0620 e. The van der Waals surface area contributed by atoms with Crippen LogP contribution in [0.5, 0.6) is 0 Å². The lowest BCUT2D eigenvalue weighted by Crippen LogP contribution is -1.96. The Labute approximate surface area is 416 Å². The van der Waals surface area contributed by atoms with Crippen LogP contribution in [0.25, 0.3) is 174 Å². The van der Waals surface area contributed by atoms with Gasteiger partial charge in [-0.15, -0.1) is 0 Å². The fourth-order valence-electron chi connectivity index (χ4n) is 14.6. The Morgan fingerprint density at radius 1 is 0.181 bits per heavy atom. The summed E-state index contributed by atoms with van der Waals surface area (Å²) in [5.74, 6) is 0. The standard InChI is InChI=1S/C72H44/c1-37-15-5-10-21-43(37)60-52-26-14-25-47-46-24-13-18-40(4)59(46)72(65(47)52)71-56-34-30-51-49-29-33-55-66-54(32-28-48(63(49)66)50-27-31-53(68(60)71)67(56)64(50)51)69-61(44-22-11-6-16-38(44)2)57-35-41-19-8-9-20-42(41)36-58(57)62(70(55)69)45-23-12-7-17-39(45)3/h5-36H,1-4H3. The van der Waals surface area contributed by atoms with Crippen LogP contribution in [0.2, 0.25) is 0 Å². The van der Waals surface area contributed by atoms with Crippen molar-refractivity contribution in [2.24, 2.45) is 0 Å². The molecule has 0 amide bonds. The summed E-state index contributed by atoms with van der Waals surface area (Å²) in [6, 6.07) is 74.7. The monoisotopic (exact) mass is 908 g/mol. The Kier molecular flexibility index (Phi) is 7.31. The molecule has 0 heterocycles. The van der Waals surface area contributed by atoms with Crippen LogP contribution in [0.1, 0.15) is 22.3 Å². The normalized spacial score (nSPS) is 12.7. The molecule has 0 N–H and O–H groups in total. The Balaban J connectivity index is 1.06. The zero-order valence-corrected chi connectivity index (χ0v) is 40.5. The molecule has 1 aliphatic rings. The lowest BCUT2D eigenvalue weighted by atomic mass is 9.80. The average molecular weight is 909 g/mol. The molecule has 16 aromatic rings. The maximum absolute atomic E-state index is 2.49. The third kappa shape index (κ3) is 4.61. The molecular formula is C72H44. The van der Waals surface area contributed by atoms with E-state index in [-0.39, 0.29) is 0 Å². The van der Waals surface area contributed by atoms with Gasteiger partial charge < -0.3 is 0 Å². The molecule has 0 aliphatic heterocycles. The summed E-state index contributed by atoms with van der Waals surface area (Å²) in [5, 5.41) is 29.6. The fourth-order valence-corrected chi connectivity index (χ4v) is 14.6. The van der Waals surface area contributed by atoms with Crippen molar-refractivity contribution < 1.29 is 0 Å². The average Bonchev–Trinajstić information content (AvgIpc) is 4.05. The predicted molar refractivity (Wildman–Crippen MR) is 312 cm³/mol. The first-order valence-corrected chi connectivity index (χ1v) is 25.6. The molecule has 0 heteroatoms. The van der Waals surface area contributed by atoms with Crippen LogP contribution >= 0.6 is 0 Å². The highest BCUT2D eigenvalue weighted by Crippen LogP contribution is 2.62. The van der Waals surface area contributed by atoms with Crippen molar-refractivity contribution in [2.45, 2.75) is 27.7 Å². The van der Waals surface area contributed by atoms with Crippen molar-refractivity contribution in [2.75, 3.05) is 0 Å². The van der Waals surface area contributed by atoms with Crippen molar-refractivity contribution >= 4 is 118 Å². The topological polar surface area (TPSA) is 0 Å². The summed E-state index contributed by atoms with van der Waals surface area (Å²) in [5.41, 5.74) is 18.5. The molecule has 1 aliphatic carbocycles. The molecule has 0 nitrogen and oxygen atoms in total. The smallest absolute Gasteiger partial charge is 0.000473 e. The lowest BCUT2D eigenvalue weighted by Gasteiger charge is -2.22. The van der Waals surface area contributed by atoms with Crippen LogP contribution in [-0.2, 0) is 0 Å². The first-order chi connectivity index (χ1) is 35.4. The zero-order chi connectivity index (χ0) is 47.4. The van der Waals surface area contributed by atoms with E-state index < -0.39 is 0 Å². The van der Waals surface area contributed by atoms with Crippen molar-refractivity contribution in [1.29, 1.82) is 0 Å². The summed E-state index contributed by atoms with van der Waals surface area (Å²) in [6.07, 6.45) is 0. The van der Waals surface area contributed by atoms with Gasteiger partial charge in [0.05, 0.1) is 0 Å². The Morgan fingerprint density at radius 3 is 1.11 bits per heavy atom. The quantitative estimate of drug-likeness (QED) is 0.122. The minimum absolute atomic E-state index is 1.26. The summed E-state index contributed by atoms with van der Waals surface area (Å²) in [7, 11) is 0. The van der Waals surface area contributed by atoms with Crippen LogP contribution in [0.4, 0.5) is 0 Å². The molecule has 0 saturated carbocycles. The summed E-state index contributed by atoms with van der Waals surface area (Å²) >= 11 is 0. The maximum atomic E-state index is 2.49. The third-order valence-corrected chi connectivity index (χ3v) is 17.5. The van der Waals surface area contributed by atoms with E-state index in [1.165, 1.54) is 196 Å². The highest BCUT2D eigenvalue weighted by molar-refractivity contribution is 6.51. The SMILES string of the molecule is Cc1ccccc1-c1c2c(c(-c3ccccc3C)c3cc4ccccc4cc13)-c1ccc3c4ccc5c6c(ccc(c7ccc-2c1c73)c46)c1c(-c2ccccc2C)c2cccc3c4cccc(C)c4c(c23)c51. The molecule has 72 heavy (non-hydrogen) atoms. The second-order valence-corrected chi connectivity index (χ2v) is 21.1. The van der Waals surface area contributed by atoms with E-state index in [4.69, 9.17) is 0 Å². The minimum Gasteiger partial charge on any atom is -0.0620 e. The van der Waals surface area contributed by atoms with E-state index in [0.717, 1.165) is 0 Å². The molecule has 16 aromatic carbocycles. The highest BCUT2D eigenvalue weighted by atomic mass is 14.4. The van der Waals surface area contributed by atoms with E-state index in [1.54, 1.807) is 0 Å². The molecule has 0 fully saturated rings. The Hall–Kier alpha value is -8.84. The number of hydrogen-bond donors (Lipinski definition) is 0. The van der Waals surface area contributed by atoms with Gasteiger partial charge in [0.2, 0.25) is 0 Å². The molecule has 0 atom stereocenters. The van der Waals surface area contributed by atoms with E-state index in [1.807, 2.05) is 0 Å². The van der Waals surface area contributed by atoms with E-state index in [2.05, 4.69) is 222 Å². The fraction of sp³-hybridized carbons (Fsp3) is 0.0556. The number of aryl methyl sites for hydroxylation is 4. The van der Waals surface area contributed by atoms with Crippen molar-refractivity contribution in [3.63, 3.8) is 0 Å². The van der Waals surface area contributed by atoms with E-state index in [0.29, 0.717) is 0 Å². The molecule has 0 saturated heterocycles. The van der Waals surface area contributed by atoms with E-state index in [9.17, 15) is 0 Å². The predicted octanol–water partition coefficient (Wildman–Crippen LogP) is 20.6. The minimum atomic E-state index is 1.26. The van der Waals surface area contributed by atoms with Gasteiger partial charge in [0.1, 0.15) is 0 Å². The Morgan fingerprint density at radius 2 is 0.556 bits per heavy atom. The van der Waals surface area contributed by atoms with Crippen LogP contribution < -0.4 is 0 Å². The van der Waals surface area contributed by atoms with Gasteiger partial charge in [-0.1, -0.05) is 182 Å². The van der Waals surface area contributed by atoms with Crippen LogP contribution in [0.3, 0.4) is 0 Å². The van der Waals surface area contributed by atoms with Crippen LogP contribution in [0, 0.1) is 27.7 Å². The summed E-state index contributed by atoms with van der Waals surface area (Å²) in [6.45, 7) is 9.15.